The zero-order valence-corrected chi connectivity index (χ0v) is 17.1. The first-order valence-corrected chi connectivity index (χ1v) is 11.0. The molecule has 1 atom stereocenters. The molecule has 3 heterocycles. The van der Waals surface area contributed by atoms with Crippen LogP contribution in [-0.4, -0.2) is 53.0 Å². The number of hydrogen-bond donors (Lipinski definition) is 1. The first kappa shape index (κ1) is 19.2. The molecule has 5 nitrogen and oxygen atoms in total. The van der Waals surface area contributed by atoms with Crippen molar-refractivity contribution in [1.29, 1.82) is 0 Å². The Labute approximate surface area is 170 Å². The molecule has 2 aliphatic rings. The van der Waals surface area contributed by atoms with Gasteiger partial charge in [-0.05, 0) is 29.9 Å². The molecule has 2 aromatic rings. The molecule has 1 unspecified atom stereocenters. The number of likely N-dealkylation sites (tertiary alicyclic amines) is 1. The number of nitrogens with zero attached hydrogens (tertiary/aromatic N) is 2. The molecule has 0 aliphatic carbocycles. The predicted octanol–water partition coefficient (Wildman–Crippen LogP) is 3.13. The van der Waals surface area contributed by atoms with Crippen LogP contribution in [-0.2, 0) is 11.2 Å². The van der Waals surface area contributed by atoms with Crippen molar-refractivity contribution in [2.24, 2.45) is 0 Å². The zero-order valence-electron chi connectivity index (χ0n) is 16.3. The SMILES string of the molecule is CCCN1C(=O)C(Cc2ccccc2)NC12CCN(C(=O)c1cccs1)CC2. The standard InChI is InChI=1S/C22H27N3O2S/c1-2-12-25-20(26)18(16-17-7-4-3-5-8-17)23-22(25)10-13-24(14-11-22)21(27)19-9-6-15-28-19/h3-9,15,18,23H,2,10-14,16H2,1H3. The van der Waals surface area contributed by atoms with Crippen LogP contribution in [0.5, 0.6) is 0 Å². The van der Waals surface area contributed by atoms with Crippen LogP contribution in [0.25, 0.3) is 0 Å². The number of carbonyl (C=O) groups is 2. The maximum atomic E-state index is 13.2. The van der Waals surface area contributed by atoms with Crippen molar-refractivity contribution in [2.45, 2.75) is 44.3 Å². The average Bonchev–Trinajstić information content (AvgIpc) is 3.33. The summed E-state index contributed by atoms with van der Waals surface area (Å²) in [5.41, 5.74) is 0.853. The lowest BCUT2D eigenvalue weighted by molar-refractivity contribution is -0.133. The number of nitrogens with one attached hydrogen (secondary N) is 1. The summed E-state index contributed by atoms with van der Waals surface area (Å²) in [6, 6.07) is 13.8. The molecule has 6 heteroatoms. The minimum atomic E-state index is -0.321. The van der Waals surface area contributed by atoms with Crippen LogP contribution >= 0.6 is 11.3 Å². The van der Waals surface area contributed by atoms with Gasteiger partial charge in [0.25, 0.3) is 5.91 Å². The summed E-state index contributed by atoms with van der Waals surface area (Å²) in [6.07, 6.45) is 3.20. The number of piperidine rings is 1. The average molecular weight is 398 g/mol. The van der Waals surface area contributed by atoms with Crippen LogP contribution in [0.15, 0.2) is 47.8 Å². The van der Waals surface area contributed by atoms with Gasteiger partial charge in [0.1, 0.15) is 0 Å². The van der Waals surface area contributed by atoms with E-state index in [0.29, 0.717) is 19.5 Å². The Hall–Kier alpha value is -2.18. The third-order valence-corrected chi connectivity index (χ3v) is 6.72. The fraction of sp³-hybridized carbons (Fsp3) is 0.455. The number of benzene rings is 1. The quantitative estimate of drug-likeness (QED) is 0.843. The molecule has 1 aromatic carbocycles. The van der Waals surface area contributed by atoms with E-state index in [2.05, 4.69) is 24.4 Å². The molecule has 0 saturated carbocycles. The van der Waals surface area contributed by atoms with Gasteiger partial charge in [0, 0.05) is 32.5 Å². The Morgan fingerprint density at radius 1 is 1.18 bits per heavy atom. The predicted molar refractivity (Wildman–Crippen MR) is 111 cm³/mol. The molecule has 28 heavy (non-hydrogen) atoms. The van der Waals surface area contributed by atoms with Gasteiger partial charge >= 0.3 is 0 Å². The van der Waals surface area contributed by atoms with Crippen LogP contribution in [0.3, 0.4) is 0 Å². The Kier molecular flexibility index (Phi) is 5.51. The van der Waals surface area contributed by atoms with E-state index < -0.39 is 0 Å². The van der Waals surface area contributed by atoms with Gasteiger partial charge < -0.3 is 9.80 Å². The fourth-order valence-corrected chi connectivity index (χ4v) is 5.14. The van der Waals surface area contributed by atoms with Crippen molar-refractivity contribution in [1.82, 2.24) is 15.1 Å². The van der Waals surface area contributed by atoms with Gasteiger partial charge in [-0.2, -0.15) is 0 Å². The van der Waals surface area contributed by atoms with Gasteiger partial charge in [-0.15, -0.1) is 11.3 Å². The maximum absolute atomic E-state index is 13.2. The highest BCUT2D eigenvalue weighted by Crippen LogP contribution is 2.34. The molecule has 2 fully saturated rings. The fourth-order valence-electron chi connectivity index (χ4n) is 4.45. The topological polar surface area (TPSA) is 52.7 Å². The molecule has 0 radical (unpaired) electrons. The summed E-state index contributed by atoms with van der Waals surface area (Å²) in [5.74, 6) is 0.306. The zero-order chi connectivity index (χ0) is 19.6. The maximum Gasteiger partial charge on any atom is 0.263 e. The molecule has 4 rings (SSSR count). The molecule has 2 aliphatic heterocycles. The largest absolute Gasteiger partial charge is 0.338 e. The van der Waals surface area contributed by atoms with E-state index >= 15 is 0 Å². The summed E-state index contributed by atoms with van der Waals surface area (Å²) >= 11 is 1.49. The highest BCUT2D eigenvalue weighted by atomic mass is 32.1. The first-order valence-electron chi connectivity index (χ1n) is 10.1. The highest BCUT2D eigenvalue weighted by Gasteiger charge is 2.51. The van der Waals surface area contributed by atoms with E-state index in [-0.39, 0.29) is 23.5 Å². The van der Waals surface area contributed by atoms with E-state index in [4.69, 9.17) is 0 Å². The third-order valence-electron chi connectivity index (χ3n) is 5.86. The van der Waals surface area contributed by atoms with Crippen LogP contribution in [0.1, 0.15) is 41.4 Å². The molecule has 2 amide bonds. The summed E-state index contributed by atoms with van der Waals surface area (Å²) in [7, 11) is 0. The van der Waals surface area contributed by atoms with Crippen LogP contribution in [0, 0.1) is 0 Å². The van der Waals surface area contributed by atoms with E-state index in [1.165, 1.54) is 16.9 Å². The minimum Gasteiger partial charge on any atom is -0.338 e. The second-order valence-electron chi connectivity index (χ2n) is 7.68. The molecule has 1 N–H and O–H groups in total. The van der Waals surface area contributed by atoms with Gasteiger partial charge in [0.15, 0.2) is 0 Å². The Morgan fingerprint density at radius 2 is 1.93 bits per heavy atom. The Morgan fingerprint density at radius 3 is 2.57 bits per heavy atom. The highest BCUT2D eigenvalue weighted by molar-refractivity contribution is 7.12. The van der Waals surface area contributed by atoms with Gasteiger partial charge in [0.05, 0.1) is 16.6 Å². The van der Waals surface area contributed by atoms with E-state index in [0.717, 1.165) is 30.7 Å². The van der Waals surface area contributed by atoms with Crippen LogP contribution < -0.4 is 5.32 Å². The molecule has 1 spiro atoms. The van der Waals surface area contributed by atoms with Gasteiger partial charge in [-0.1, -0.05) is 43.3 Å². The summed E-state index contributed by atoms with van der Waals surface area (Å²) in [4.78, 5) is 30.6. The van der Waals surface area contributed by atoms with Gasteiger partial charge in [-0.3, -0.25) is 14.9 Å². The summed E-state index contributed by atoms with van der Waals surface area (Å²) in [5, 5.41) is 5.61. The normalized spacial score (nSPS) is 21.5. The number of amides is 2. The number of carbonyl (C=O) groups excluding carboxylic acids is 2. The molecular weight excluding hydrogens is 370 g/mol. The Balaban J connectivity index is 1.48. The van der Waals surface area contributed by atoms with Crippen molar-refractivity contribution in [2.75, 3.05) is 19.6 Å². The molecule has 2 saturated heterocycles. The van der Waals surface area contributed by atoms with Crippen molar-refractivity contribution in [3.05, 3.63) is 58.3 Å². The smallest absolute Gasteiger partial charge is 0.263 e. The molecular formula is C22H27N3O2S. The van der Waals surface area contributed by atoms with E-state index in [1.807, 2.05) is 45.5 Å². The lowest BCUT2D eigenvalue weighted by atomic mass is 9.95. The van der Waals surface area contributed by atoms with Crippen LogP contribution in [0.2, 0.25) is 0 Å². The first-order chi connectivity index (χ1) is 13.6. The van der Waals surface area contributed by atoms with E-state index in [9.17, 15) is 9.59 Å². The lowest BCUT2D eigenvalue weighted by Gasteiger charge is -2.44. The van der Waals surface area contributed by atoms with Gasteiger partial charge in [0.2, 0.25) is 5.91 Å². The summed E-state index contributed by atoms with van der Waals surface area (Å²) in [6.45, 7) is 4.22. The molecule has 0 bridgehead atoms. The lowest BCUT2D eigenvalue weighted by Crippen LogP contribution is -2.59. The Bertz CT molecular complexity index is 814. The van der Waals surface area contributed by atoms with E-state index in [1.54, 1.807) is 0 Å². The number of hydrogen-bond acceptors (Lipinski definition) is 4. The summed E-state index contributed by atoms with van der Waals surface area (Å²) < 4.78 is 0. The minimum absolute atomic E-state index is 0.108. The van der Waals surface area contributed by atoms with Crippen molar-refractivity contribution in [3.63, 3.8) is 0 Å². The number of thiophene rings is 1. The van der Waals surface area contributed by atoms with Crippen molar-refractivity contribution >= 4 is 23.2 Å². The molecule has 148 valence electrons. The van der Waals surface area contributed by atoms with Crippen molar-refractivity contribution in [3.8, 4) is 0 Å². The second kappa shape index (κ2) is 8.05. The monoisotopic (exact) mass is 397 g/mol. The van der Waals surface area contributed by atoms with Crippen molar-refractivity contribution < 1.29 is 9.59 Å². The third kappa shape index (κ3) is 3.59. The van der Waals surface area contributed by atoms with Gasteiger partial charge in [-0.25, -0.2) is 0 Å². The van der Waals surface area contributed by atoms with Crippen LogP contribution in [0.4, 0.5) is 0 Å². The second-order valence-corrected chi connectivity index (χ2v) is 8.63. The molecule has 1 aromatic heterocycles. The number of rotatable bonds is 5.